The van der Waals surface area contributed by atoms with Crippen molar-refractivity contribution < 1.29 is 18.0 Å². The Bertz CT molecular complexity index is 1460. The highest BCUT2D eigenvalue weighted by atomic mass is 19.2. The van der Waals surface area contributed by atoms with Gasteiger partial charge in [0, 0.05) is 35.9 Å². The van der Waals surface area contributed by atoms with Crippen LogP contribution in [0.4, 0.5) is 13.3 Å². The first-order valence-electron chi connectivity index (χ1n) is 12.9. The molecule has 4 atom stereocenters. The zero-order valence-electron chi connectivity index (χ0n) is 22.5. The van der Waals surface area contributed by atoms with Gasteiger partial charge in [-0.05, 0) is 62.4 Å². The summed E-state index contributed by atoms with van der Waals surface area (Å²) in [6, 6.07) is 19.3. The van der Waals surface area contributed by atoms with Crippen LogP contribution < -0.4 is 0 Å². The van der Waals surface area contributed by atoms with Gasteiger partial charge in [-0.1, -0.05) is 42.4 Å². The summed E-state index contributed by atoms with van der Waals surface area (Å²) in [5.41, 5.74) is -8.61. The molecule has 1 saturated heterocycles. The van der Waals surface area contributed by atoms with E-state index < -0.39 is 40.3 Å². The standard InChI is InChI=1S/C31H30F3N5O/c1-5-29(25-16-8-12-20-37-25)28(4,24-15-7-11-19-36-24)27(2,3)39(34)31(33,40-22-23-14-6-10-18-35-23)30(29,32)26-17-9-13-21-38-26/h5-21H,1,22H2,2-4H3. The number of hydrogen-bond donors (Lipinski definition) is 0. The molecule has 0 bridgehead atoms. The normalized spacial score (nSPS) is 30.1. The van der Waals surface area contributed by atoms with Crippen LogP contribution in [-0.4, -0.2) is 36.6 Å². The molecule has 1 aliphatic heterocycles. The molecule has 40 heavy (non-hydrogen) atoms. The molecule has 0 spiro atoms. The first-order valence-corrected chi connectivity index (χ1v) is 12.9. The van der Waals surface area contributed by atoms with Gasteiger partial charge in [0.25, 0.3) is 0 Å². The summed E-state index contributed by atoms with van der Waals surface area (Å²) in [5.74, 6) is -3.73. The molecule has 5 heterocycles. The van der Waals surface area contributed by atoms with Crippen LogP contribution in [0.25, 0.3) is 0 Å². The van der Waals surface area contributed by atoms with Gasteiger partial charge in [-0.2, -0.15) is 4.39 Å². The van der Waals surface area contributed by atoms with Gasteiger partial charge in [-0.15, -0.1) is 11.1 Å². The minimum atomic E-state index is -3.73. The van der Waals surface area contributed by atoms with Crippen molar-refractivity contribution >= 4 is 0 Å². The molecular weight excluding hydrogens is 515 g/mol. The predicted molar refractivity (Wildman–Crippen MR) is 145 cm³/mol. The summed E-state index contributed by atoms with van der Waals surface area (Å²) in [7, 11) is 0. The van der Waals surface area contributed by atoms with Gasteiger partial charge in [0.2, 0.25) is 5.67 Å². The Labute approximate surface area is 231 Å². The minimum Gasteiger partial charge on any atom is -0.323 e. The lowest BCUT2D eigenvalue weighted by atomic mass is 9.44. The maximum absolute atomic E-state index is 18.8. The molecule has 6 nitrogen and oxygen atoms in total. The SMILES string of the molecule is C=CC1(c2ccccn2)C(C)(c2ccccn2)C(C)(C)N(F)C(F)(OCc2ccccn2)C1(F)c1ccccn1. The second kappa shape index (κ2) is 9.91. The van der Waals surface area contributed by atoms with Crippen LogP contribution in [0.2, 0.25) is 0 Å². The number of halogens is 3. The van der Waals surface area contributed by atoms with Crippen molar-refractivity contribution in [2.75, 3.05) is 0 Å². The van der Waals surface area contributed by atoms with Crippen LogP contribution >= 0.6 is 0 Å². The Morgan fingerprint density at radius 1 is 0.750 bits per heavy atom. The highest BCUT2D eigenvalue weighted by Gasteiger charge is 2.85. The number of pyridine rings is 4. The number of alkyl halides is 2. The van der Waals surface area contributed by atoms with Crippen LogP contribution in [0.1, 0.15) is 43.5 Å². The third kappa shape index (κ3) is 3.50. The molecule has 4 aromatic rings. The fourth-order valence-electron chi connectivity index (χ4n) is 6.15. The van der Waals surface area contributed by atoms with Crippen LogP contribution in [0.15, 0.2) is 110 Å². The van der Waals surface area contributed by atoms with Crippen molar-refractivity contribution in [3.8, 4) is 0 Å². The zero-order chi connectivity index (χ0) is 28.7. The number of rotatable bonds is 7. The maximum atomic E-state index is 18.8. The Kier molecular flexibility index (Phi) is 6.84. The van der Waals surface area contributed by atoms with Crippen molar-refractivity contribution in [1.29, 1.82) is 0 Å². The quantitative estimate of drug-likeness (QED) is 0.154. The molecule has 4 aromatic heterocycles. The first kappa shape index (κ1) is 27.6. The lowest BCUT2D eigenvalue weighted by Crippen LogP contribution is -2.83. The number of hydrogen-bond acceptors (Lipinski definition) is 6. The molecule has 4 unspecified atom stereocenters. The third-order valence-electron chi connectivity index (χ3n) is 8.43. The average Bonchev–Trinajstić information content (AvgIpc) is 3.01. The lowest BCUT2D eigenvalue weighted by molar-refractivity contribution is -0.437. The van der Waals surface area contributed by atoms with Crippen molar-refractivity contribution in [1.82, 2.24) is 25.1 Å². The molecule has 0 radical (unpaired) electrons. The number of aromatic nitrogens is 4. The monoisotopic (exact) mass is 545 g/mol. The van der Waals surface area contributed by atoms with E-state index in [2.05, 4.69) is 26.5 Å². The third-order valence-corrected chi connectivity index (χ3v) is 8.43. The van der Waals surface area contributed by atoms with Gasteiger partial charge in [0.05, 0.1) is 34.6 Å². The van der Waals surface area contributed by atoms with Gasteiger partial charge >= 0.3 is 5.98 Å². The van der Waals surface area contributed by atoms with Crippen molar-refractivity contribution in [3.05, 3.63) is 133 Å². The van der Waals surface area contributed by atoms with Crippen LogP contribution in [-0.2, 0) is 27.8 Å². The molecule has 1 fully saturated rings. The minimum absolute atomic E-state index is 0.107. The largest absolute Gasteiger partial charge is 0.336 e. The molecule has 0 N–H and O–H groups in total. The smallest absolute Gasteiger partial charge is 0.323 e. The zero-order valence-corrected chi connectivity index (χ0v) is 22.5. The predicted octanol–water partition coefficient (Wildman–Crippen LogP) is 6.33. The van der Waals surface area contributed by atoms with Crippen LogP contribution in [0.5, 0.6) is 0 Å². The van der Waals surface area contributed by atoms with E-state index in [0.717, 1.165) is 0 Å². The molecule has 5 rings (SSSR count). The van der Waals surface area contributed by atoms with Gasteiger partial charge in [0.15, 0.2) is 0 Å². The first-order chi connectivity index (χ1) is 19.1. The molecule has 206 valence electrons. The Balaban J connectivity index is 1.92. The molecule has 0 saturated carbocycles. The molecular formula is C31H30F3N5O. The fraction of sp³-hybridized carbons (Fsp3) is 0.290. The summed E-state index contributed by atoms with van der Waals surface area (Å²) in [6.07, 6.45) is 7.11. The van der Waals surface area contributed by atoms with Gasteiger partial charge in [-0.3, -0.25) is 19.9 Å². The van der Waals surface area contributed by atoms with E-state index in [1.807, 2.05) is 0 Å². The summed E-state index contributed by atoms with van der Waals surface area (Å²) in [5, 5.41) is -0.184. The molecule has 0 amide bonds. The van der Waals surface area contributed by atoms with Gasteiger partial charge < -0.3 is 4.74 Å². The molecule has 0 aromatic carbocycles. The molecule has 0 aliphatic carbocycles. The lowest BCUT2D eigenvalue weighted by Gasteiger charge is -2.67. The summed E-state index contributed by atoms with van der Waals surface area (Å²) in [6.45, 7) is 8.13. The summed E-state index contributed by atoms with van der Waals surface area (Å²) in [4.78, 5) is 17.5. The average molecular weight is 546 g/mol. The maximum Gasteiger partial charge on any atom is 0.336 e. The van der Waals surface area contributed by atoms with Crippen molar-refractivity contribution in [2.45, 2.75) is 55.4 Å². The number of piperidine rings is 1. The Morgan fingerprint density at radius 3 is 1.73 bits per heavy atom. The molecule has 9 heteroatoms. The van der Waals surface area contributed by atoms with E-state index in [1.54, 1.807) is 67.6 Å². The van der Waals surface area contributed by atoms with E-state index in [1.165, 1.54) is 56.8 Å². The second-order valence-corrected chi connectivity index (χ2v) is 10.5. The fourth-order valence-corrected chi connectivity index (χ4v) is 6.15. The topological polar surface area (TPSA) is 64.0 Å². The Hall–Kier alpha value is -3.95. The number of allylic oxidation sites excluding steroid dienone is 1. The summed E-state index contributed by atoms with van der Waals surface area (Å²) < 4.78 is 59.5. The Morgan fingerprint density at radius 2 is 1.25 bits per heavy atom. The highest BCUT2D eigenvalue weighted by molar-refractivity contribution is 5.50. The van der Waals surface area contributed by atoms with E-state index in [4.69, 9.17) is 4.74 Å². The second-order valence-electron chi connectivity index (χ2n) is 10.5. The van der Waals surface area contributed by atoms with Crippen molar-refractivity contribution in [3.63, 3.8) is 0 Å². The van der Waals surface area contributed by atoms with Crippen LogP contribution in [0.3, 0.4) is 0 Å². The van der Waals surface area contributed by atoms with Crippen molar-refractivity contribution in [2.24, 2.45) is 0 Å². The van der Waals surface area contributed by atoms with E-state index in [-0.39, 0.29) is 16.5 Å². The van der Waals surface area contributed by atoms with E-state index >= 15 is 13.3 Å². The molecule has 1 aliphatic rings. The van der Waals surface area contributed by atoms with E-state index in [9.17, 15) is 0 Å². The van der Waals surface area contributed by atoms with Gasteiger partial charge in [0.1, 0.15) is 0 Å². The number of nitrogens with zero attached hydrogens (tertiary/aromatic N) is 5. The highest BCUT2D eigenvalue weighted by Crippen LogP contribution is 2.70. The number of ether oxygens (including phenoxy) is 1. The van der Waals surface area contributed by atoms with Crippen LogP contribution in [0, 0.1) is 0 Å². The van der Waals surface area contributed by atoms with Gasteiger partial charge in [-0.25, -0.2) is 4.39 Å². The summed E-state index contributed by atoms with van der Waals surface area (Å²) >= 11 is 0. The van der Waals surface area contributed by atoms with E-state index in [0.29, 0.717) is 5.69 Å².